The molecule has 1 aromatic heterocycles. The Morgan fingerprint density at radius 1 is 0.765 bits per heavy atom. The van der Waals surface area contributed by atoms with Crippen LogP contribution in [0, 0.1) is 0 Å². The van der Waals surface area contributed by atoms with E-state index in [1.54, 1.807) is 74.9 Å². The first kappa shape index (κ1) is 22.7. The monoisotopic (exact) mass is 460 g/mol. The molecule has 4 aromatic rings. The van der Waals surface area contributed by atoms with Crippen LogP contribution in [0.25, 0.3) is 16.5 Å². The van der Waals surface area contributed by atoms with E-state index in [0.717, 1.165) is 0 Å². The molecule has 0 atom stereocenters. The van der Waals surface area contributed by atoms with Gasteiger partial charge in [0.05, 0.1) is 45.4 Å². The molecule has 0 aliphatic rings. The van der Waals surface area contributed by atoms with Gasteiger partial charge in [-0.05, 0) is 30.3 Å². The van der Waals surface area contributed by atoms with Gasteiger partial charge in [0.15, 0.2) is 23.0 Å². The van der Waals surface area contributed by atoms with Crippen LogP contribution in [0.15, 0.2) is 70.5 Å². The van der Waals surface area contributed by atoms with Crippen molar-refractivity contribution >= 4 is 22.7 Å². The Kier molecular flexibility index (Phi) is 6.40. The van der Waals surface area contributed by atoms with Gasteiger partial charge in [0, 0.05) is 29.1 Å². The molecule has 4 rings (SSSR count). The molecule has 1 heterocycles. The molecule has 174 valence electrons. The summed E-state index contributed by atoms with van der Waals surface area (Å²) >= 11 is 0. The Morgan fingerprint density at radius 3 is 2.00 bits per heavy atom. The summed E-state index contributed by atoms with van der Waals surface area (Å²) in [7, 11) is 6.14. The first-order valence-electron chi connectivity index (χ1n) is 10.4. The molecule has 0 amide bonds. The number of hydrogen-bond acceptors (Lipinski definition) is 7. The molecule has 0 unspecified atom stereocenters. The highest BCUT2D eigenvalue weighted by molar-refractivity contribution is 6.02. The van der Waals surface area contributed by atoms with Gasteiger partial charge in [-0.2, -0.15) is 0 Å². The maximum Gasteiger partial charge on any atom is 0.265 e. The van der Waals surface area contributed by atoms with E-state index in [4.69, 9.17) is 18.9 Å². The van der Waals surface area contributed by atoms with E-state index in [1.807, 2.05) is 0 Å². The quantitative estimate of drug-likeness (QED) is 0.409. The molecule has 0 spiro atoms. The summed E-state index contributed by atoms with van der Waals surface area (Å²) in [5.74, 6) is 1.80. The number of fused-ring (bicyclic) bond motifs is 1. The fourth-order valence-electron chi connectivity index (χ4n) is 3.74. The summed E-state index contributed by atoms with van der Waals surface area (Å²) in [5, 5.41) is 12.2. The minimum Gasteiger partial charge on any atom is -0.494 e. The average Bonchev–Trinajstić information content (AvgIpc) is 2.88. The summed E-state index contributed by atoms with van der Waals surface area (Å²) in [6, 6.07) is 17.3. The number of nitrogens with zero attached hydrogens (tertiary/aromatic N) is 2. The molecule has 0 saturated carbocycles. The fraction of sp³-hybridized carbons (Fsp3) is 0.154. The van der Waals surface area contributed by atoms with Crippen LogP contribution in [0.3, 0.4) is 0 Å². The lowest BCUT2D eigenvalue weighted by Crippen LogP contribution is -2.20. The number of aromatic hydroxyl groups is 1. The van der Waals surface area contributed by atoms with E-state index in [0.29, 0.717) is 50.7 Å². The number of aliphatic imine (C=N–C) groups is 1. The summed E-state index contributed by atoms with van der Waals surface area (Å²) in [4.78, 5) is 17.9. The normalized spacial score (nSPS) is 11.1. The predicted octanol–water partition coefficient (Wildman–Crippen LogP) is 4.48. The van der Waals surface area contributed by atoms with Gasteiger partial charge in [0.2, 0.25) is 5.88 Å². The van der Waals surface area contributed by atoms with Gasteiger partial charge in [0.1, 0.15) is 0 Å². The summed E-state index contributed by atoms with van der Waals surface area (Å²) in [6.45, 7) is 0. The number of aromatic nitrogens is 1. The molecule has 0 aliphatic carbocycles. The first-order valence-corrected chi connectivity index (χ1v) is 10.4. The smallest absolute Gasteiger partial charge is 0.265 e. The minimum absolute atomic E-state index is 0.250. The lowest BCUT2D eigenvalue weighted by atomic mass is 10.1. The Balaban J connectivity index is 1.92. The van der Waals surface area contributed by atoms with E-state index in [2.05, 4.69) is 4.99 Å². The Hall–Kier alpha value is -4.46. The SMILES string of the molecule is COc1ccc(N=Cc2c(O)n(-c3ccc(OC)c(OC)c3)c(=O)c3ccccc23)cc1OC. The van der Waals surface area contributed by atoms with Crippen molar-refractivity contribution in [2.45, 2.75) is 0 Å². The lowest BCUT2D eigenvalue weighted by molar-refractivity contribution is 0.354. The molecule has 8 heteroatoms. The van der Waals surface area contributed by atoms with Gasteiger partial charge in [-0.1, -0.05) is 18.2 Å². The molecule has 8 nitrogen and oxygen atoms in total. The average molecular weight is 460 g/mol. The highest BCUT2D eigenvalue weighted by Crippen LogP contribution is 2.33. The summed E-state index contributed by atoms with van der Waals surface area (Å²) in [5.41, 5.74) is 1.03. The van der Waals surface area contributed by atoms with Crippen LogP contribution in [-0.4, -0.2) is 44.3 Å². The highest BCUT2D eigenvalue weighted by Gasteiger charge is 2.18. The number of benzene rings is 3. The Morgan fingerprint density at radius 2 is 1.35 bits per heavy atom. The van der Waals surface area contributed by atoms with Crippen LogP contribution < -0.4 is 24.5 Å². The van der Waals surface area contributed by atoms with Crippen LogP contribution in [0.2, 0.25) is 0 Å². The van der Waals surface area contributed by atoms with Gasteiger partial charge >= 0.3 is 0 Å². The Labute approximate surface area is 196 Å². The van der Waals surface area contributed by atoms with Crippen molar-refractivity contribution in [3.63, 3.8) is 0 Å². The number of methoxy groups -OCH3 is 4. The number of pyridine rings is 1. The second-order valence-corrected chi connectivity index (χ2v) is 7.26. The van der Waals surface area contributed by atoms with Gasteiger partial charge in [0.25, 0.3) is 5.56 Å². The van der Waals surface area contributed by atoms with Gasteiger partial charge < -0.3 is 24.1 Å². The van der Waals surface area contributed by atoms with Crippen LogP contribution in [0.4, 0.5) is 5.69 Å². The van der Waals surface area contributed by atoms with E-state index in [9.17, 15) is 9.90 Å². The molecule has 0 aliphatic heterocycles. The van der Waals surface area contributed by atoms with E-state index < -0.39 is 0 Å². The number of rotatable bonds is 7. The Bertz CT molecular complexity index is 1440. The second-order valence-electron chi connectivity index (χ2n) is 7.26. The third-order valence-electron chi connectivity index (χ3n) is 5.44. The maximum absolute atomic E-state index is 13.3. The van der Waals surface area contributed by atoms with Gasteiger partial charge in [-0.3, -0.25) is 9.79 Å². The minimum atomic E-state index is -0.372. The van der Waals surface area contributed by atoms with Gasteiger partial charge in [-0.15, -0.1) is 0 Å². The molecule has 0 bridgehead atoms. The number of hydrogen-bond donors (Lipinski definition) is 1. The molecular weight excluding hydrogens is 436 g/mol. The van der Waals surface area contributed by atoms with Crippen molar-refractivity contribution in [3.8, 4) is 34.6 Å². The topological polar surface area (TPSA) is 91.5 Å². The van der Waals surface area contributed by atoms with Crippen LogP contribution in [0.5, 0.6) is 28.9 Å². The molecule has 3 aromatic carbocycles. The summed E-state index contributed by atoms with van der Waals surface area (Å²) in [6.07, 6.45) is 1.52. The van der Waals surface area contributed by atoms with E-state index >= 15 is 0 Å². The lowest BCUT2D eigenvalue weighted by Gasteiger charge is -2.15. The molecule has 0 radical (unpaired) electrons. The molecule has 0 fully saturated rings. The van der Waals surface area contributed by atoms with Crippen molar-refractivity contribution in [3.05, 3.63) is 76.6 Å². The van der Waals surface area contributed by atoms with Crippen molar-refractivity contribution in [2.24, 2.45) is 4.99 Å². The molecule has 1 N–H and O–H groups in total. The first-order chi connectivity index (χ1) is 16.5. The van der Waals surface area contributed by atoms with Crippen molar-refractivity contribution in [1.29, 1.82) is 0 Å². The van der Waals surface area contributed by atoms with E-state index in [-0.39, 0.29) is 11.4 Å². The van der Waals surface area contributed by atoms with Crippen LogP contribution in [-0.2, 0) is 0 Å². The highest BCUT2D eigenvalue weighted by atomic mass is 16.5. The third kappa shape index (κ3) is 4.01. The maximum atomic E-state index is 13.3. The second kappa shape index (κ2) is 9.58. The predicted molar refractivity (Wildman–Crippen MR) is 131 cm³/mol. The van der Waals surface area contributed by atoms with E-state index in [1.165, 1.54) is 25.0 Å². The van der Waals surface area contributed by atoms with Crippen molar-refractivity contribution < 1.29 is 24.1 Å². The van der Waals surface area contributed by atoms with Crippen LogP contribution in [0.1, 0.15) is 5.56 Å². The zero-order chi connectivity index (χ0) is 24.2. The zero-order valence-electron chi connectivity index (χ0n) is 19.2. The standard InChI is InChI=1S/C26H24N2O6/c1-31-21-11-9-16(13-23(21)33-3)27-15-20-18-7-5-6-8-19(18)25(29)28(26(20)30)17-10-12-22(32-2)24(14-17)34-4/h5-15,30H,1-4H3. The third-order valence-corrected chi connectivity index (χ3v) is 5.44. The van der Waals surface area contributed by atoms with Crippen molar-refractivity contribution in [1.82, 2.24) is 4.57 Å². The van der Waals surface area contributed by atoms with Crippen molar-refractivity contribution in [2.75, 3.05) is 28.4 Å². The summed E-state index contributed by atoms with van der Waals surface area (Å²) < 4.78 is 22.5. The molecule has 0 saturated heterocycles. The zero-order valence-corrected chi connectivity index (χ0v) is 19.2. The fourth-order valence-corrected chi connectivity index (χ4v) is 3.74. The largest absolute Gasteiger partial charge is 0.494 e. The molecular formula is C26H24N2O6. The van der Waals surface area contributed by atoms with Gasteiger partial charge in [-0.25, -0.2) is 4.57 Å². The number of ether oxygens (including phenoxy) is 4. The molecule has 34 heavy (non-hydrogen) atoms. The van der Waals surface area contributed by atoms with Crippen LogP contribution >= 0.6 is 0 Å².